The Balaban J connectivity index is 1.92. The number of carbonyl (C=O) groups is 1. The van der Waals surface area contributed by atoms with Crippen LogP contribution in [0.3, 0.4) is 0 Å². The molecule has 0 radical (unpaired) electrons. The third-order valence-electron chi connectivity index (χ3n) is 4.20. The fraction of sp³-hybridized carbons (Fsp3) is 0.235. The van der Waals surface area contributed by atoms with Gasteiger partial charge in [0, 0.05) is 16.9 Å². The second kappa shape index (κ2) is 5.26. The maximum absolute atomic E-state index is 12.7. The number of ether oxygens (including phenoxy) is 1. The van der Waals surface area contributed by atoms with Gasteiger partial charge in [0.05, 0.1) is 13.0 Å². The quantitative estimate of drug-likeness (QED) is 0.483. The molecule has 1 saturated carbocycles. The average Bonchev–Trinajstić information content (AvgIpc) is 3.32. The zero-order valence-corrected chi connectivity index (χ0v) is 12.1. The Hall–Kier alpha value is -2.69. The Labute approximate surface area is 127 Å². The van der Waals surface area contributed by atoms with Gasteiger partial charge in [-0.05, 0) is 29.8 Å². The third-order valence-corrected chi connectivity index (χ3v) is 4.20. The minimum atomic E-state index is -1.53. The van der Waals surface area contributed by atoms with E-state index in [-0.39, 0.29) is 12.3 Å². The number of ketones is 1. The highest BCUT2D eigenvalue weighted by Gasteiger charge is 2.72. The third kappa shape index (κ3) is 2.15. The summed E-state index contributed by atoms with van der Waals surface area (Å²) >= 11 is 0. The summed E-state index contributed by atoms with van der Waals surface area (Å²) in [5, 5.41) is 11.6. The van der Waals surface area contributed by atoms with E-state index in [4.69, 9.17) is 4.74 Å². The first-order valence-electron chi connectivity index (χ1n) is 6.98. The molecule has 2 aromatic carbocycles. The lowest BCUT2D eigenvalue weighted by Gasteiger charge is -2.09. The van der Waals surface area contributed by atoms with Crippen molar-refractivity contribution in [3.63, 3.8) is 0 Å². The van der Waals surface area contributed by atoms with Gasteiger partial charge < -0.3 is 4.74 Å². The Morgan fingerprint density at radius 3 is 2.36 bits per heavy atom. The fourth-order valence-electron chi connectivity index (χ4n) is 2.86. The Morgan fingerprint density at radius 1 is 1.18 bits per heavy atom. The van der Waals surface area contributed by atoms with Crippen molar-refractivity contribution in [1.29, 1.82) is 0 Å². The van der Waals surface area contributed by atoms with Crippen LogP contribution in [0.25, 0.3) is 0 Å². The average molecular weight is 297 g/mol. The van der Waals surface area contributed by atoms with Crippen LogP contribution in [-0.4, -0.2) is 23.4 Å². The van der Waals surface area contributed by atoms with Gasteiger partial charge in [0.15, 0.2) is 0 Å². The number of Topliss-reactive ketones (excluding diaryl/α,β-unsaturated/α-hetero) is 1. The van der Waals surface area contributed by atoms with Gasteiger partial charge in [0.25, 0.3) is 5.54 Å². The molecule has 0 amide bonds. The van der Waals surface area contributed by atoms with Crippen LogP contribution in [0.1, 0.15) is 28.3 Å². The molecule has 0 spiro atoms. The number of nitro groups is 1. The number of carbonyl (C=O) groups excluding carboxylic acids is 1. The number of hydrogen-bond donors (Lipinski definition) is 0. The summed E-state index contributed by atoms with van der Waals surface area (Å²) in [5.74, 6) is -0.186. The van der Waals surface area contributed by atoms with Crippen LogP contribution in [0.4, 0.5) is 0 Å². The zero-order valence-electron chi connectivity index (χ0n) is 12.1. The van der Waals surface area contributed by atoms with Crippen molar-refractivity contribution in [2.75, 3.05) is 7.11 Å². The summed E-state index contributed by atoms with van der Waals surface area (Å²) in [5.41, 5.74) is -0.354. The molecule has 112 valence electrons. The van der Waals surface area contributed by atoms with Crippen LogP contribution in [0.5, 0.6) is 5.75 Å². The summed E-state index contributed by atoms with van der Waals surface area (Å²) in [6, 6.07) is 15.6. The Morgan fingerprint density at radius 2 is 1.82 bits per heavy atom. The van der Waals surface area contributed by atoms with Crippen molar-refractivity contribution in [3.05, 3.63) is 75.8 Å². The molecule has 0 heterocycles. The number of benzene rings is 2. The highest BCUT2D eigenvalue weighted by atomic mass is 16.6. The first-order chi connectivity index (χ1) is 10.6. The molecule has 0 bridgehead atoms. The summed E-state index contributed by atoms with van der Waals surface area (Å²) in [6.07, 6.45) is 0.245. The van der Waals surface area contributed by atoms with Crippen LogP contribution in [0.2, 0.25) is 0 Å². The number of hydrogen-bond acceptors (Lipinski definition) is 4. The molecule has 0 aromatic heterocycles. The van der Waals surface area contributed by atoms with Crippen LogP contribution in [0, 0.1) is 10.1 Å². The Kier molecular flexibility index (Phi) is 3.41. The molecular formula is C17H15NO4. The van der Waals surface area contributed by atoms with Crippen LogP contribution in [-0.2, 0) is 0 Å². The number of rotatable bonds is 5. The molecule has 2 atom stereocenters. The van der Waals surface area contributed by atoms with Gasteiger partial charge in [-0.25, -0.2) is 0 Å². The van der Waals surface area contributed by atoms with E-state index < -0.39 is 16.2 Å². The van der Waals surface area contributed by atoms with Crippen molar-refractivity contribution in [2.24, 2.45) is 0 Å². The van der Waals surface area contributed by atoms with E-state index in [9.17, 15) is 14.9 Å². The highest BCUT2D eigenvalue weighted by molar-refractivity contribution is 6.05. The molecule has 22 heavy (non-hydrogen) atoms. The van der Waals surface area contributed by atoms with Crippen LogP contribution in [0.15, 0.2) is 54.6 Å². The molecule has 5 heteroatoms. The predicted molar refractivity (Wildman–Crippen MR) is 80.8 cm³/mol. The lowest BCUT2D eigenvalue weighted by molar-refractivity contribution is -0.521. The highest BCUT2D eigenvalue weighted by Crippen LogP contribution is 2.55. The van der Waals surface area contributed by atoms with E-state index in [0.29, 0.717) is 11.3 Å². The van der Waals surface area contributed by atoms with Crippen LogP contribution < -0.4 is 4.74 Å². The van der Waals surface area contributed by atoms with Crippen LogP contribution >= 0.6 is 0 Å². The van der Waals surface area contributed by atoms with Crippen molar-refractivity contribution in [2.45, 2.75) is 17.9 Å². The summed E-state index contributed by atoms with van der Waals surface area (Å²) < 4.78 is 5.04. The molecule has 0 unspecified atom stereocenters. The largest absolute Gasteiger partial charge is 0.497 e. The van der Waals surface area contributed by atoms with E-state index in [1.165, 1.54) is 7.11 Å². The van der Waals surface area contributed by atoms with Gasteiger partial charge in [0.1, 0.15) is 5.75 Å². The molecule has 3 rings (SSSR count). The van der Waals surface area contributed by atoms with Gasteiger partial charge in [-0.3, -0.25) is 14.9 Å². The summed E-state index contributed by atoms with van der Waals surface area (Å²) in [6.45, 7) is 0. The maximum Gasteiger partial charge on any atom is 0.291 e. The first-order valence-corrected chi connectivity index (χ1v) is 6.98. The smallest absolute Gasteiger partial charge is 0.291 e. The van der Waals surface area contributed by atoms with Crippen molar-refractivity contribution >= 4 is 5.78 Å². The van der Waals surface area contributed by atoms with Gasteiger partial charge in [0.2, 0.25) is 5.78 Å². The number of nitrogens with zero attached hydrogens (tertiary/aromatic N) is 1. The first kappa shape index (κ1) is 14.3. The Bertz CT molecular complexity index is 711. The lowest BCUT2D eigenvalue weighted by Crippen LogP contribution is -2.34. The fourth-order valence-corrected chi connectivity index (χ4v) is 2.86. The summed E-state index contributed by atoms with van der Waals surface area (Å²) in [4.78, 5) is 23.8. The molecule has 0 N–H and O–H groups in total. The maximum atomic E-state index is 12.7. The minimum Gasteiger partial charge on any atom is -0.497 e. The lowest BCUT2D eigenvalue weighted by atomic mass is 9.97. The molecular weight excluding hydrogens is 282 g/mol. The molecule has 1 fully saturated rings. The van der Waals surface area contributed by atoms with Gasteiger partial charge in [-0.1, -0.05) is 30.3 Å². The molecule has 1 aliphatic rings. The van der Waals surface area contributed by atoms with Gasteiger partial charge in [-0.15, -0.1) is 0 Å². The monoisotopic (exact) mass is 297 g/mol. The van der Waals surface area contributed by atoms with Gasteiger partial charge in [-0.2, -0.15) is 0 Å². The number of methoxy groups -OCH3 is 1. The molecule has 0 saturated heterocycles. The van der Waals surface area contributed by atoms with E-state index in [2.05, 4.69) is 0 Å². The molecule has 2 aromatic rings. The zero-order chi connectivity index (χ0) is 15.7. The normalized spacial score (nSPS) is 22.9. The van der Waals surface area contributed by atoms with E-state index >= 15 is 0 Å². The summed E-state index contributed by atoms with van der Waals surface area (Å²) in [7, 11) is 1.53. The molecule has 0 aliphatic heterocycles. The van der Waals surface area contributed by atoms with Crippen molar-refractivity contribution in [1.82, 2.24) is 0 Å². The predicted octanol–water partition coefficient (Wildman–Crippen LogP) is 3.08. The van der Waals surface area contributed by atoms with Gasteiger partial charge >= 0.3 is 0 Å². The second-order valence-corrected chi connectivity index (χ2v) is 5.41. The minimum absolute atomic E-state index is 0.245. The second-order valence-electron chi connectivity index (χ2n) is 5.41. The SMILES string of the molecule is COc1ccc(C(=O)[C@@]2([N+](=O)[O-])C[C@@H]2c2ccccc2)cc1. The van der Waals surface area contributed by atoms with E-state index in [1.54, 1.807) is 24.3 Å². The van der Waals surface area contributed by atoms with E-state index in [0.717, 1.165) is 5.56 Å². The topological polar surface area (TPSA) is 69.4 Å². The standard InChI is InChI=1S/C17H15NO4/c1-22-14-9-7-13(8-10-14)16(19)17(18(20)21)11-15(17)12-5-3-2-4-6-12/h2-10,15H,11H2,1H3/t15-,17-/m1/s1. The molecule has 5 nitrogen and oxygen atoms in total. The van der Waals surface area contributed by atoms with Crippen molar-refractivity contribution in [3.8, 4) is 5.75 Å². The van der Waals surface area contributed by atoms with Crippen molar-refractivity contribution < 1.29 is 14.5 Å². The molecule has 1 aliphatic carbocycles. The van der Waals surface area contributed by atoms with E-state index in [1.807, 2.05) is 30.3 Å².